The van der Waals surface area contributed by atoms with Gasteiger partial charge in [-0.05, 0) is 25.1 Å². The summed E-state index contributed by atoms with van der Waals surface area (Å²) in [6.45, 7) is 3.94. The fraction of sp³-hybridized carbons (Fsp3) is 0.222. The zero-order valence-corrected chi connectivity index (χ0v) is 13.0. The molecule has 0 aromatic heterocycles. The molecule has 5 heteroatoms. The van der Waals surface area contributed by atoms with Gasteiger partial charge >= 0.3 is 6.09 Å². The SMILES string of the molecule is CCN1CC/C(=N\OC(=O)Nc2ccccc2)c2ccccc21. The molecule has 118 valence electrons. The quantitative estimate of drug-likeness (QED) is 0.691. The number of nitrogens with zero attached hydrogens (tertiary/aromatic N) is 2. The smallest absolute Gasteiger partial charge is 0.371 e. The molecule has 3 rings (SSSR count). The number of carbonyl (C=O) groups is 1. The number of rotatable bonds is 3. The lowest BCUT2D eigenvalue weighted by Gasteiger charge is -2.30. The third-order valence-electron chi connectivity index (χ3n) is 3.81. The Labute approximate surface area is 135 Å². The fourth-order valence-electron chi connectivity index (χ4n) is 2.67. The third kappa shape index (κ3) is 3.51. The highest BCUT2D eigenvalue weighted by atomic mass is 16.7. The lowest BCUT2D eigenvalue weighted by atomic mass is 10.00. The fourth-order valence-corrected chi connectivity index (χ4v) is 2.67. The van der Waals surface area contributed by atoms with Crippen LogP contribution in [0.5, 0.6) is 0 Å². The Bertz CT molecular complexity index is 713. The van der Waals surface area contributed by atoms with Gasteiger partial charge < -0.3 is 4.90 Å². The van der Waals surface area contributed by atoms with Crippen LogP contribution in [0.15, 0.2) is 59.8 Å². The van der Waals surface area contributed by atoms with Crippen LogP contribution in [0.3, 0.4) is 0 Å². The molecule has 2 aromatic carbocycles. The summed E-state index contributed by atoms with van der Waals surface area (Å²) < 4.78 is 0. The molecule has 1 N–H and O–H groups in total. The molecule has 1 aliphatic rings. The van der Waals surface area contributed by atoms with Crippen molar-refractivity contribution in [2.24, 2.45) is 5.16 Å². The summed E-state index contributed by atoms with van der Waals surface area (Å²) in [6.07, 6.45) is 0.169. The van der Waals surface area contributed by atoms with E-state index in [0.29, 0.717) is 5.69 Å². The van der Waals surface area contributed by atoms with E-state index < -0.39 is 6.09 Å². The summed E-state index contributed by atoms with van der Waals surface area (Å²) in [7, 11) is 0. The molecule has 5 nitrogen and oxygen atoms in total. The summed E-state index contributed by atoms with van der Waals surface area (Å²) in [5.74, 6) is 0. The minimum atomic E-state index is -0.584. The molecule has 1 amide bonds. The van der Waals surface area contributed by atoms with Gasteiger partial charge in [0.15, 0.2) is 0 Å². The van der Waals surface area contributed by atoms with E-state index in [4.69, 9.17) is 4.84 Å². The Hall–Kier alpha value is -2.82. The standard InChI is InChI=1S/C18H19N3O2/c1-2-21-13-12-16(15-10-6-7-11-17(15)21)20-23-18(22)19-14-8-4-3-5-9-14/h3-11H,2,12-13H2,1H3,(H,19,22)/b20-16+. The molecular weight excluding hydrogens is 290 g/mol. The normalized spacial score (nSPS) is 15.2. The molecule has 1 aliphatic heterocycles. The largest absolute Gasteiger partial charge is 0.437 e. The van der Waals surface area contributed by atoms with Crippen LogP contribution in [0.25, 0.3) is 0 Å². The molecule has 0 atom stereocenters. The van der Waals surface area contributed by atoms with Crippen molar-refractivity contribution in [1.82, 2.24) is 0 Å². The van der Waals surface area contributed by atoms with E-state index in [0.717, 1.165) is 36.5 Å². The van der Waals surface area contributed by atoms with E-state index in [-0.39, 0.29) is 0 Å². The van der Waals surface area contributed by atoms with Crippen molar-refractivity contribution >= 4 is 23.2 Å². The van der Waals surface area contributed by atoms with Crippen molar-refractivity contribution < 1.29 is 9.63 Å². The van der Waals surface area contributed by atoms with Crippen LogP contribution in [0, 0.1) is 0 Å². The van der Waals surface area contributed by atoms with Gasteiger partial charge in [-0.15, -0.1) is 0 Å². The van der Waals surface area contributed by atoms with Crippen LogP contribution in [-0.2, 0) is 4.84 Å². The van der Waals surface area contributed by atoms with Gasteiger partial charge in [0.1, 0.15) is 0 Å². The van der Waals surface area contributed by atoms with Gasteiger partial charge in [-0.3, -0.25) is 10.2 Å². The number of oxime groups is 1. The molecule has 0 unspecified atom stereocenters. The predicted molar refractivity (Wildman–Crippen MR) is 92.0 cm³/mol. The summed E-state index contributed by atoms with van der Waals surface area (Å²) in [4.78, 5) is 19.2. The van der Waals surface area contributed by atoms with Gasteiger partial charge in [0, 0.05) is 36.4 Å². The number of anilines is 2. The molecule has 23 heavy (non-hydrogen) atoms. The highest BCUT2D eigenvalue weighted by Gasteiger charge is 2.21. The van der Waals surface area contributed by atoms with Crippen molar-refractivity contribution in [2.75, 3.05) is 23.3 Å². The van der Waals surface area contributed by atoms with E-state index >= 15 is 0 Å². The zero-order chi connectivity index (χ0) is 16.1. The van der Waals surface area contributed by atoms with E-state index in [1.165, 1.54) is 0 Å². The minimum Gasteiger partial charge on any atom is -0.371 e. The van der Waals surface area contributed by atoms with Crippen molar-refractivity contribution in [3.05, 3.63) is 60.2 Å². The molecule has 0 saturated heterocycles. The topological polar surface area (TPSA) is 53.9 Å². The van der Waals surface area contributed by atoms with Crippen molar-refractivity contribution in [2.45, 2.75) is 13.3 Å². The number of amides is 1. The molecule has 0 radical (unpaired) electrons. The summed E-state index contributed by atoms with van der Waals surface area (Å²) in [5.41, 5.74) is 3.63. The Balaban J connectivity index is 1.72. The second-order valence-electron chi connectivity index (χ2n) is 5.25. The van der Waals surface area contributed by atoms with E-state index in [1.807, 2.05) is 36.4 Å². The number of benzene rings is 2. The van der Waals surface area contributed by atoms with Gasteiger partial charge in [-0.25, -0.2) is 4.79 Å². The van der Waals surface area contributed by atoms with Crippen LogP contribution in [0.2, 0.25) is 0 Å². The number of hydrogen-bond donors (Lipinski definition) is 1. The molecule has 0 spiro atoms. The van der Waals surface area contributed by atoms with Crippen molar-refractivity contribution in [1.29, 1.82) is 0 Å². The number of carbonyl (C=O) groups excluding carboxylic acids is 1. The van der Waals surface area contributed by atoms with Gasteiger partial charge in [0.2, 0.25) is 0 Å². The molecule has 0 aliphatic carbocycles. The molecule has 0 saturated carbocycles. The number of hydrogen-bond acceptors (Lipinski definition) is 4. The first-order chi connectivity index (χ1) is 11.3. The Morgan fingerprint density at radius 2 is 1.91 bits per heavy atom. The second kappa shape index (κ2) is 6.96. The molecule has 2 aromatic rings. The summed E-state index contributed by atoms with van der Waals surface area (Å²) in [5, 5.41) is 6.71. The molecule has 0 fully saturated rings. The van der Waals surface area contributed by atoms with Gasteiger partial charge in [0.05, 0.1) is 5.71 Å². The van der Waals surface area contributed by atoms with E-state index in [9.17, 15) is 4.79 Å². The molecular formula is C18H19N3O2. The third-order valence-corrected chi connectivity index (χ3v) is 3.81. The first-order valence-electron chi connectivity index (χ1n) is 7.72. The zero-order valence-electron chi connectivity index (χ0n) is 13.0. The monoisotopic (exact) mass is 309 g/mol. The maximum absolute atomic E-state index is 11.8. The van der Waals surface area contributed by atoms with Crippen LogP contribution in [-0.4, -0.2) is 24.9 Å². The van der Waals surface area contributed by atoms with Crippen LogP contribution in [0.4, 0.5) is 16.2 Å². The van der Waals surface area contributed by atoms with Crippen molar-refractivity contribution in [3.8, 4) is 0 Å². The Morgan fingerprint density at radius 1 is 1.17 bits per heavy atom. The predicted octanol–water partition coefficient (Wildman–Crippen LogP) is 3.87. The number of fused-ring (bicyclic) bond motifs is 1. The molecule has 1 heterocycles. The first-order valence-corrected chi connectivity index (χ1v) is 7.72. The second-order valence-corrected chi connectivity index (χ2v) is 5.25. The van der Waals surface area contributed by atoms with Crippen LogP contribution in [0.1, 0.15) is 18.9 Å². The van der Waals surface area contributed by atoms with Crippen molar-refractivity contribution in [3.63, 3.8) is 0 Å². The first kappa shape index (κ1) is 15.1. The number of para-hydroxylation sites is 2. The van der Waals surface area contributed by atoms with Gasteiger partial charge in [-0.1, -0.05) is 41.6 Å². The minimum absolute atomic E-state index is 0.584. The number of nitrogens with one attached hydrogen (secondary N) is 1. The Kier molecular flexibility index (Phi) is 4.57. The highest BCUT2D eigenvalue weighted by Crippen LogP contribution is 2.27. The van der Waals surface area contributed by atoms with Crippen LogP contribution < -0.4 is 10.2 Å². The lowest BCUT2D eigenvalue weighted by Crippen LogP contribution is -2.32. The van der Waals surface area contributed by atoms with Crippen LogP contribution >= 0.6 is 0 Å². The van der Waals surface area contributed by atoms with E-state index in [1.54, 1.807) is 12.1 Å². The maximum Gasteiger partial charge on any atom is 0.437 e. The summed E-state index contributed by atoms with van der Waals surface area (Å²) in [6, 6.07) is 17.2. The average Bonchev–Trinajstić information content (AvgIpc) is 2.60. The van der Waals surface area contributed by atoms with Gasteiger partial charge in [0.25, 0.3) is 0 Å². The summed E-state index contributed by atoms with van der Waals surface area (Å²) >= 11 is 0. The highest BCUT2D eigenvalue weighted by molar-refractivity contribution is 6.07. The van der Waals surface area contributed by atoms with Gasteiger partial charge in [-0.2, -0.15) is 0 Å². The maximum atomic E-state index is 11.8. The molecule has 0 bridgehead atoms. The lowest BCUT2D eigenvalue weighted by molar-refractivity contribution is 0.166. The average molecular weight is 309 g/mol. The Morgan fingerprint density at radius 3 is 2.70 bits per heavy atom. The van der Waals surface area contributed by atoms with E-state index in [2.05, 4.69) is 28.4 Å².